The molecule has 1 aliphatic rings. The topological polar surface area (TPSA) is 64.6 Å². The van der Waals surface area contributed by atoms with Crippen LogP contribution in [0.3, 0.4) is 0 Å². The minimum Gasteiger partial charge on any atom is -0.488 e. The fourth-order valence-corrected chi connectivity index (χ4v) is 3.57. The van der Waals surface area contributed by atoms with Gasteiger partial charge in [-0.2, -0.15) is 0 Å². The van der Waals surface area contributed by atoms with Crippen LogP contribution in [-0.2, 0) is 21.3 Å². The maximum atomic E-state index is 12.1. The van der Waals surface area contributed by atoms with E-state index in [1.807, 2.05) is 0 Å². The Morgan fingerprint density at radius 1 is 1.41 bits per heavy atom. The van der Waals surface area contributed by atoms with E-state index >= 15 is 0 Å². The highest BCUT2D eigenvalue weighted by Crippen LogP contribution is 2.16. The van der Waals surface area contributed by atoms with Crippen LogP contribution in [0.2, 0.25) is 0 Å². The van der Waals surface area contributed by atoms with Crippen LogP contribution >= 0.6 is 0 Å². The van der Waals surface area contributed by atoms with Crippen molar-refractivity contribution < 1.29 is 26.7 Å². The number of sulfonamides is 1. The summed E-state index contributed by atoms with van der Waals surface area (Å²) in [5.41, 5.74) is 0.651. The molecule has 22 heavy (non-hydrogen) atoms. The molecule has 0 radical (unpaired) electrons. The van der Waals surface area contributed by atoms with Crippen LogP contribution in [0.1, 0.15) is 12.0 Å². The van der Waals surface area contributed by atoms with Gasteiger partial charge in [0.05, 0.1) is 12.4 Å². The van der Waals surface area contributed by atoms with Crippen molar-refractivity contribution in [1.82, 2.24) is 4.72 Å². The Bertz CT molecular complexity index is 574. The van der Waals surface area contributed by atoms with E-state index in [1.165, 1.54) is 0 Å². The minimum atomic E-state index is -3.39. The van der Waals surface area contributed by atoms with Crippen LogP contribution in [0.4, 0.5) is 8.78 Å². The summed E-state index contributed by atoms with van der Waals surface area (Å²) < 4.78 is 60.7. The quantitative estimate of drug-likeness (QED) is 0.787. The summed E-state index contributed by atoms with van der Waals surface area (Å²) in [5.74, 6) is 0.355. The normalized spacial score (nSPS) is 18.8. The van der Waals surface area contributed by atoms with Crippen LogP contribution in [0.25, 0.3) is 0 Å². The van der Waals surface area contributed by atoms with Crippen molar-refractivity contribution in [2.24, 2.45) is 5.92 Å². The zero-order valence-corrected chi connectivity index (χ0v) is 12.8. The first-order valence-corrected chi connectivity index (χ1v) is 8.65. The van der Waals surface area contributed by atoms with Gasteiger partial charge >= 0.3 is 0 Å². The van der Waals surface area contributed by atoms with Crippen molar-refractivity contribution in [3.63, 3.8) is 0 Å². The highest BCUT2D eigenvalue weighted by Gasteiger charge is 2.22. The molecule has 0 aliphatic carbocycles. The van der Waals surface area contributed by atoms with Gasteiger partial charge in [-0.15, -0.1) is 0 Å². The molecule has 1 heterocycles. The van der Waals surface area contributed by atoms with Crippen molar-refractivity contribution in [3.8, 4) is 5.75 Å². The van der Waals surface area contributed by atoms with E-state index in [4.69, 9.17) is 9.47 Å². The van der Waals surface area contributed by atoms with Gasteiger partial charge in [0, 0.05) is 13.2 Å². The van der Waals surface area contributed by atoms with Gasteiger partial charge in [0.25, 0.3) is 6.43 Å². The second-order valence-corrected chi connectivity index (χ2v) is 7.03. The molecule has 1 aliphatic heterocycles. The van der Waals surface area contributed by atoms with Crippen molar-refractivity contribution in [2.45, 2.75) is 19.4 Å². The molecule has 1 fully saturated rings. The van der Waals surface area contributed by atoms with Crippen LogP contribution in [0.15, 0.2) is 24.3 Å². The molecule has 2 rings (SSSR count). The third-order valence-electron chi connectivity index (χ3n) is 3.25. The van der Waals surface area contributed by atoms with Gasteiger partial charge in [0.2, 0.25) is 10.0 Å². The van der Waals surface area contributed by atoms with Gasteiger partial charge in [-0.3, -0.25) is 0 Å². The molecule has 0 amide bonds. The molecule has 0 unspecified atom stereocenters. The molecule has 1 saturated heterocycles. The third kappa shape index (κ3) is 5.86. The van der Waals surface area contributed by atoms with Crippen molar-refractivity contribution >= 4 is 10.0 Å². The van der Waals surface area contributed by atoms with E-state index in [-0.39, 0.29) is 18.2 Å². The number of hydrogen-bond donors (Lipinski definition) is 1. The summed E-state index contributed by atoms with van der Waals surface area (Å²) in [6.45, 7) is 0.486. The Kier molecular flexibility index (Phi) is 6.10. The van der Waals surface area contributed by atoms with E-state index < -0.39 is 23.1 Å². The molecule has 1 aromatic rings. The van der Waals surface area contributed by atoms with E-state index in [2.05, 4.69) is 4.72 Å². The van der Waals surface area contributed by atoms with Crippen LogP contribution in [0.5, 0.6) is 5.75 Å². The highest BCUT2D eigenvalue weighted by atomic mass is 32.2. The first-order chi connectivity index (χ1) is 10.4. The molecule has 0 bridgehead atoms. The Hall–Kier alpha value is -1.25. The molecular formula is C14H19F2NO4S. The van der Waals surface area contributed by atoms with E-state index in [0.29, 0.717) is 24.5 Å². The number of nitrogens with one attached hydrogen (secondary N) is 1. The van der Waals surface area contributed by atoms with Crippen molar-refractivity contribution in [1.29, 1.82) is 0 Å². The predicted octanol–water partition coefficient (Wildman–Crippen LogP) is 1.79. The summed E-state index contributed by atoms with van der Waals surface area (Å²) >= 11 is 0. The number of halogens is 2. The Morgan fingerprint density at radius 2 is 2.23 bits per heavy atom. The average molecular weight is 335 g/mol. The van der Waals surface area contributed by atoms with E-state index in [0.717, 1.165) is 6.42 Å². The molecule has 1 aromatic carbocycles. The average Bonchev–Trinajstić information content (AvgIpc) is 2.96. The lowest BCUT2D eigenvalue weighted by Crippen LogP contribution is -2.29. The molecule has 0 saturated carbocycles. The summed E-state index contributed by atoms with van der Waals surface area (Å²) in [7, 11) is -3.39. The van der Waals surface area contributed by atoms with Crippen LogP contribution in [-0.4, -0.2) is 40.4 Å². The number of benzene rings is 1. The van der Waals surface area contributed by atoms with Crippen molar-refractivity contribution in [2.75, 3.05) is 25.6 Å². The zero-order valence-electron chi connectivity index (χ0n) is 12.0. The number of rotatable bonds is 8. The van der Waals surface area contributed by atoms with Gasteiger partial charge in [-0.05, 0) is 30.0 Å². The standard InChI is InChI=1S/C14H19F2NO4S/c15-14(16)9-21-13-3-1-2-11(6-13)7-17-22(18,19)10-12-4-5-20-8-12/h1-3,6,12,14,17H,4-5,7-10H2/t12-/m0/s1. The number of ether oxygens (including phenoxy) is 2. The first-order valence-electron chi connectivity index (χ1n) is 6.99. The Balaban J connectivity index is 1.86. The second-order valence-electron chi connectivity index (χ2n) is 5.18. The summed E-state index contributed by atoms with van der Waals surface area (Å²) in [5, 5.41) is 0. The van der Waals surface area contributed by atoms with Gasteiger partial charge < -0.3 is 9.47 Å². The molecule has 1 N–H and O–H groups in total. The monoisotopic (exact) mass is 335 g/mol. The number of hydrogen-bond acceptors (Lipinski definition) is 4. The first kappa shape index (κ1) is 17.1. The second kappa shape index (κ2) is 7.85. The van der Waals surface area contributed by atoms with E-state index in [1.54, 1.807) is 24.3 Å². The molecule has 0 spiro atoms. The number of alkyl halides is 2. The predicted molar refractivity (Wildman–Crippen MR) is 77.5 cm³/mol. The largest absolute Gasteiger partial charge is 0.488 e. The van der Waals surface area contributed by atoms with Gasteiger partial charge in [0.1, 0.15) is 12.4 Å². The van der Waals surface area contributed by atoms with Crippen LogP contribution < -0.4 is 9.46 Å². The minimum absolute atomic E-state index is 0.0261. The molecule has 5 nitrogen and oxygen atoms in total. The molecule has 124 valence electrons. The molecule has 0 aromatic heterocycles. The molecule has 8 heteroatoms. The maximum absolute atomic E-state index is 12.1. The Morgan fingerprint density at radius 3 is 2.91 bits per heavy atom. The lowest BCUT2D eigenvalue weighted by molar-refractivity contribution is 0.0818. The SMILES string of the molecule is O=S(=O)(C[C@H]1CCOC1)NCc1cccc(OCC(F)F)c1. The van der Waals surface area contributed by atoms with Gasteiger partial charge in [-0.1, -0.05) is 12.1 Å². The fourth-order valence-electron chi connectivity index (χ4n) is 2.18. The lowest BCUT2D eigenvalue weighted by atomic mass is 10.2. The summed E-state index contributed by atoms with van der Waals surface area (Å²) in [6, 6.07) is 6.44. The highest BCUT2D eigenvalue weighted by molar-refractivity contribution is 7.89. The fraction of sp³-hybridized carbons (Fsp3) is 0.571. The summed E-state index contributed by atoms with van der Waals surface area (Å²) in [6.07, 6.45) is -1.80. The van der Waals surface area contributed by atoms with Gasteiger partial charge in [-0.25, -0.2) is 21.9 Å². The van der Waals surface area contributed by atoms with Gasteiger partial charge in [0.15, 0.2) is 0 Å². The third-order valence-corrected chi connectivity index (χ3v) is 4.74. The maximum Gasteiger partial charge on any atom is 0.272 e. The molecular weight excluding hydrogens is 316 g/mol. The summed E-state index contributed by atoms with van der Waals surface area (Å²) in [4.78, 5) is 0. The smallest absolute Gasteiger partial charge is 0.272 e. The van der Waals surface area contributed by atoms with Crippen molar-refractivity contribution in [3.05, 3.63) is 29.8 Å². The van der Waals surface area contributed by atoms with Crippen LogP contribution in [0, 0.1) is 5.92 Å². The molecule has 1 atom stereocenters. The Labute approximate surface area is 128 Å². The van der Waals surface area contributed by atoms with E-state index in [9.17, 15) is 17.2 Å². The zero-order chi connectivity index (χ0) is 16.0. The lowest BCUT2D eigenvalue weighted by Gasteiger charge is -2.11.